The lowest BCUT2D eigenvalue weighted by atomic mass is 10.2. The van der Waals surface area contributed by atoms with Gasteiger partial charge < -0.3 is 9.47 Å². The first-order valence-corrected chi connectivity index (χ1v) is 5.59. The molecular formula is C15H12N2O2. The first kappa shape index (κ1) is 12.7. The lowest BCUT2D eigenvalue weighted by molar-refractivity contribution is 0.413. The molecule has 19 heavy (non-hydrogen) atoms. The van der Waals surface area contributed by atoms with Gasteiger partial charge in [-0.05, 0) is 43.1 Å². The van der Waals surface area contributed by atoms with Crippen molar-refractivity contribution < 1.29 is 9.47 Å². The van der Waals surface area contributed by atoms with E-state index in [0.717, 1.165) is 0 Å². The Morgan fingerprint density at radius 3 is 2.37 bits per heavy atom. The largest absolute Gasteiger partial charge is 0.497 e. The Hall–Kier alpha value is -2.80. The Labute approximate surface area is 111 Å². The number of rotatable bonds is 4. The number of benzene rings is 2. The van der Waals surface area contributed by atoms with Crippen molar-refractivity contribution in [3.05, 3.63) is 48.0 Å². The molecule has 0 heterocycles. The molecule has 0 N–H and O–H groups in total. The molecule has 0 fully saturated rings. The fourth-order valence-electron chi connectivity index (χ4n) is 1.56. The van der Waals surface area contributed by atoms with E-state index in [0.29, 0.717) is 28.5 Å². The maximum absolute atomic E-state index is 8.73. The summed E-state index contributed by atoms with van der Waals surface area (Å²) >= 11 is 0. The van der Waals surface area contributed by atoms with Crippen molar-refractivity contribution >= 4 is 12.4 Å². The van der Waals surface area contributed by atoms with Gasteiger partial charge in [-0.25, -0.2) is 0 Å². The average Bonchev–Trinajstić information content (AvgIpc) is 2.48. The zero-order valence-corrected chi connectivity index (χ0v) is 10.5. The first-order valence-electron chi connectivity index (χ1n) is 5.59. The van der Waals surface area contributed by atoms with E-state index in [9.17, 15) is 0 Å². The van der Waals surface area contributed by atoms with E-state index < -0.39 is 0 Å². The SMILES string of the molecule is C=Nc1cc(OC)ccc1Oc1ccc(C#N)cc1. The first-order chi connectivity index (χ1) is 9.26. The Kier molecular flexibility index (Phi) is 3.79. The average molecular weight is 252 g/mol. The summed E-state index contributed by atoms with van der Waals surface area (Å²) in [4.78, 5) is 3.90. The molecule has 0 amide bonds. The molecule has 4 nitrogen and oxygen atoms in total. The fourth-order valence-corrected chi connectivity index (χ4v) is 1.56. The molecule has 0 saturated heterocycles. The van der Waals surface area contributed by atoms with Crippen molar-refractivity contribution in [1.82, 2.24) is 0 Å². The maximum Gasteiger partial charge on any atom is 0.153 e. The van der Waals surface area contributed by atoms with Gasteiger partial charge in [0.25, 0.3) is 0 Å². The Balaban J connectivity index is 2.27. The molecule has 4 heteroatoms. The van der Waals surface area contributed by atoms with E-state index in [-0.39, 0.29) is 0 Å². The minimum Gasteiger partial charge on any atom is -0.497 e. The minimum atomic E-state index is 0.584. The van der Waals surface area contributed by atoms with Gasteiger partial charge in [-0.3, -0.25) is 4.99 Å². The minimum absolute atomic E-state index is 0.584. The van der Waals surface area contributed by atoms with E-state index in [4.69, 9.17) is 14.7 Å². The normalized spacial score (nSPS) is 9.47. The number of hydrogen-bond acceptors (Lipinski definition) is 4. The van der Waals surface area contributed by atoms with Crippen molar-refractivity contribution in [1.29, 1.82) is 5.26 Å². The van der Waals surface area contributed by atoms with E-state index in [1.807, 2.05) is 0 Å². The van der Waals surface area contributed by atoms with Gasteiger partial charge in [0.05, 0.1) is 18.7 Å². The van der Waals surface area contributed by atoms with Crippen LogP contribution >= 0.6 is 0 Å². The zero-order valence-electron chi connectivity index (χ0n) is 10.5. The third-order valence-corrected chi connectivity index (χ3v) is 2.55. The van der Waals surface area contributed by atoms with Gasteiger partial charge >= 0.3 is 0 Å². The van der Waals surface area contributed by atoms with E-state index in [1.54, 1.807) is 49.6 Å². The highest BCUT2D eigenvalue weighted by atomic mass is 16.5. The van der Waals surface area contributed by atoms with Crippen LogP contribution < -0.4 is 9.47 Å². The van der Waals surface area contributed by atoms with Gasteiger partial charge in [0.1, 0.15) is 17.2 Å². The van der Waals surface area contributed by atoms with Crippen molar-refractivity contribution in [2.45, 2.75) is 0 Å². The summed E-state index contributed by atoms with van der Waals surface area (Å²) in [5.41, 5.74) is 1.19. The van der Waals surface area contributed by atoms with Crippen molar-refractivity contribution in [3.8, 4) is 23.3 Å². The molecule has 2 aromatic rings. The lowest BCUT2D eigenvalue weighted by Crippen LogP contribution is -1.87. The topological polar surface area (TPSA) is 54.6 Å². The van der Waals surface area contributed by atoms with Gasteiger partial charge in [-0.15, -0.1) is 0 Å². The standard InChI is InChI=1S/C15H12N2O2/c1-17-14-9-13(18-2)7-8-15(14)19-12-5-3-11(10-16)4-6-12/h3-9H,1H2,2H3. The monoisotopic (exact) mass is 252 g/mol. The second-order valence-corrected chi connectivity index (χ2v) is 3.73. The quantitative estimate of drug-likeness (QED) is 0.780. The van der Waals surface area contributed by atoms with Crippen LogP contribution in [0.25, 0.3) is 0 Å². The van der Waals surface area contributed by atoms with Crippen LogP contribution in [0.15, 0.2) is 47.5 Å². The molecule has 0 bridgehead atoms. The highest BCUT2D eigenvalue weighted by Gasteiger charge is 2.05. The number of nitrogens with zero attached hydrogens (tertiary/aromatic N) is 2. The third-order valence-electron chi connectivity index (χ3n) is 2.55. The highest BCUT2D eigenvalue weighted by molar-refractivity contribution is 5.60. The number of aliphatic imine (C=N–C) groups is 1. The van der Waals surface area contributed by atoms with Crippen molar-refractivity contribution in [2.75, 3.05) is 7.11 Å². The zero-order chi connectivity index (χ0) is 13.7. The number of ether oxygens (including phenoxy) is 2. The molecule has 0 unspecified atom stereocenters. The van der Waals surface area contributed by atoms with Gasteiger partial charge in [-0.1, -0.05) is 0 Å². The predicted octanol–water partition coefficient (Wildman–Crippen LogP) is 3.69. The summed E-state index contributed by atoms with van der Waals surface area (Å²) in [6, 6.07) is 14.2. The Bertz CT molecular complexity index is 628. The van der Waals surface area contributed by atoms with Crippen LogP contribution in [0.5, 0.6) is 17.2 Å². The van der Waals surface area contributed by atoms with Crippen LogP contribution in [0.4, 0.5) is 5.69 Å². The molecule has 0 aliphatic rings. The second-order valence-electron chi connectivity index (χ2n) is 3.73. The van der Waals surface area contributed by atoms with Crippen molar-refractivity contribution in [2.24, 2.45) is 4.99 Å². The van der Waals surface area contributed by atoms with Crippen LogP contribution in [0.2, 0.25) is 0 Å². The summed E-state index contributed by atoms with van der Waals surface area (Å²) in [5, 5.41) is 8.73. The molecule has 2 rings (SSSR count). The maximum atomic E-state index is 8.73. The van der Waals surface area contributed by atoms with Gasteiger partial charge in [0, 0.05) is 6.07 Å². The number of nitriles is 1. The number of methoxy groups -OCH3 is 1. The van der Waals surface area contributed by atoms with Crippen LogP contribution in [-0.4, -0.2) is 13.8 Å². The third kappa shape index (κ3) is 2.90. The Morgan fingerprint density at radius 1 is 1.11 bits per heavy atom. The molecule has 0 aromatic heterocycles. The lowest BCUT2D eigenvalue weighted by Gasteiger charge is -2.09. The molecule has 0 aliphatic carbocycles. The molecule has 0 atom stereocenters. The number of hydrogen-bond donors (Lipinski definition) is 0. The van der Waals surface area contributed by atoms with E-state index in [1.165, 1.54) is 0 Å². The molecule has 0 radical (unpaired) electrons. The van der Waals surface area contributed by atoms with Crippen LogP contribution in [-0.2, 0) is 0 Å². The van der Waals surface area contributed by atoms with Crippen molar-refractivity contribution in [3.63, 3.8) is 0 Å². The van der Waals surface area contributed by atoms with Gasteiger partial charge in [0.2, 0.25) is 0 Å². The molecule has 0 aliphatic heterocycles. The second kappa shape index (κ2) is 5.69. The van der Waals surface area contributed by atoms with Crippen LogP contribution in [0, 0.1) is 11.3 Å². The smallest absolute Gasteiger partial charge is 0.153 e. The van der Waals surface area contributed by atoms with Crippen LogP contribution in [0.1, 0.15) is 5.56 Å². The summed E-state index contributed by atoms with van der Waals surface area (Å²) < 4.78 is 10.8. The summed E-state index contributed by atoms with van der Waals surface area (Å²) in [7, 11) is 1.59. The summed E-state index contributed by atoms with van der Waals surface area (Å²) in [5.74, 6) is 1.91. The molecular weight excluding hydrogens is 240 g/mol. The summed E-state index contributed by atoms with van der Waals surface area (Å²) in [6.45, 7) is 3.51. The molecule has 2 aromatic carbocycles. The van der Waals surface area contributed by atoms with Crippen LogP contribution in [0.3, 0.4) is 0 Å². The fraction of sp³-hybridized carbons (Fsp3) is 0.0667. The molecule has 0 spiro atoms. The Morgan fingerprint density at radius 2 is 1.79 bits per heavy atom. The van der Waals surface area contributed by atoms with Gasteiger partial charge in [0.15, 0.2) is 5.75 Å². The molecule has 94 valence electrons. The highest BCUT2D eigenvalue weighted by Crippen LogP contribution is 2.34. The predicted molar refractivity (Wildman–Crippen MR) is 73.4 cm³/mol. The molecule has 0 saturated carbocycles. The van der Waals surface area contributed by atoms with E-state index >= 15 is 0 Å². The van der Waals surface area contributed by atoms with Gasteiger partial charge in [-0.2, -0.15) is 5.26 Å². The summed E-state index contributed by atoms with van der Waals surface area (Å²) in [6.07, 6.45) is 0. The van der Waals surface area contributed by atoms with E-state index in [2.05, 4.69) is 17.8 Å².